The summed E-state index contributed by atoms with van der Waals surface area (Å²) in [5, 5.41) is 23.2. The second-order valence-electron chi connectivity index (χ2n) is 3.69. The van der Waals surface area contributed by atoms with Crippen LogP contribution < -0.4 is 5.01 Å². The van der Waals surface area contributed by atoms with Gasteiger partial charge in [-0.25, -0.2) is 19.9 Å². The molecule has 0 atom stereocenters. The number of benzene rings is 1. The Balaban J connectivity index is 2.54. The number of nitrogens with zero attached hydrogens (tertiary/aromatic N) is 4. The van der Waals surface area contributed by atoms with E-state index in [1.807, 2.05) is 6.07 Å². The van der Waals surface area contributed by atoms with Crippen LogP contribution in [-0.2, 0) is 4.79 Å². The summed E-state index contributed by atoms with van der Waals surface area (Å²) in [5.41, 5.74) is 0.672. The van der Waals surface area contributed by atoms with Crippen LogP contribution >= 0.6 is 0 Å². The van der Waals surface area contributed by atoms with Gasteiger partial charge in [0.2, 0.25) is 0 Å². The van der Waals surface area contributed by atoms with Gasteiger partial charge in [0.15, 0.2) is 5.71 Å². The lowest BCUT2D eigenvalue weighted by molar-refractivity contribution is -0.129. The van der Waals surface area contributed by atoms with Crippen molar-refractivity contribution in [3.63, 3.8) is 0 Å². The Morgan fingerprint density at radius 3 is 2.68 bits per heavy atom. The Labute approximate surface area is 109 Å². The molecule has 6 heteroatoms. The maximum Gasteiger partial charge on any atom is 0.352 e. The van der Waals surface area contributed by atoms with Gasteiger partial charge in [0.05, 0.1) is 24.0 Å². The average Bonchev–Trinajstić information content (AvgIpc) is 2.86. The number of carboxylic acids is 1. The number of hydrogen-bond acceptors (Lipinski definition) is 4. The van der Waals surface area contributed by atoms with Crippen LogP contribution in [0, 0.1) is 17.9 Å². The molecule has 1 aliphatic rings. The number of aliphatic carboxylic acids is 1. The molecular weight excluding hydrogens is 244 g/mol. The summed E-state index contributed by atoms with van der Waals surface area (Å²) in [6.45, 7) is 6.97. The topological polar surface area (TPSA) is 81.0 Å². The quantitative estimate of drug-likeness (QED) is 0.644. The maximum absolute atomic E-state index is 11.0. The summed E-state index contributed by atoms with van der Waals surface area (Å²) in [6.07, 6.45) is -0.0322. The van der Waals surface area contributed by atoms with Crippen molar-refractivity contribution >= 4 is 17.4 Å². The first-order valence-electron chi connectivity index (χ1n) is 5.34. The van der Waals surface area contributed by atoms with Gasteiger partial charge in [-0.05, 0) is 12.1 Å². The molecule has 0 amide bonds. The number of para-hydroxylation sites is 1. The van der Waals surface area contributed by atoms with Gasteiger partial charge < -0.3 is 5.11 Å². The van der Waals surface area contributed by atoms with Crippen LogP contribution in [0.4, 0.5) is 5.69 Å². The molecular formula is C13H8N4O2. The van der Waals surface area contributed by atoms with Crippen LogP contribution in [0.5, 0.6) is 0 Å². The minimum Gasteiger partial charge on any atom is -0.477 e. The molecule has 19 heavy (non-hydrogen) atoms. The van der Waals surface area contributed by atoms with Crippen LogP contribution in [0.2, 0.25) is 0 Å². The Bertz CT molecular complexity index is 646. The number of hydrazone groups is 1. The lowest BCUT2D eigenvalue weighted by Gasteiger charge is -2.16. The highest BCUT2D eigenvalue weighted by Crippen LogP contribution is 2.29. The second kappa shape index (κ2) is 5.03. The monoisotopic (exact) mass is 252 g/mol. The minimum atomic E-state index is -1.15. The van der Waals surface area contributed by atoms with E-state index in [-0.39, 0.29) is 17.8 Å². The molecule has 1 N–H and O–H groups in total. The van der Waals surface area contributed by atoms with E-state index in [2.05, 4.69) is 9.95 Å². The van der Waals surface area contributed by atoms with Crippen LogP contribution in [0.15, 0.2) is 46.8 Å². The molecule has 1 aliphatic heterocycles. The number of carbonyl (C=O) groups is 1. The molecule has 0 bridgehead atoms. The van der Waals surface area contributed by atoms with Crippen LogP contribution in [0.25, 0.3) is 4.85 Å². The van der Waals surface area contributed by atoms with E-state index in [0.29, 0.717) is 11.4 Å². The van der Waals surface area contributed by atoms with Crippen molar-refractivity contribution in [3.8, 4) is 6.07 Å². The zero-order chi connectivity index (χ0) is 13.8. The van der Waals surface area contributed by atoms with E-state index in [0.717, 1.165) is 0 Å². The molecule has 0 unspecified atom stereocenters. The van der Waals surface area contributed by atoms with Gasteiger partial charge in [-0.1, -0.05) is 18.2 Å². The third-order valence-corrected chi connectivity index (χ3v) is 2.55. The standard InChI is InChI=1S/C13H8N4O2/c1-15-11(8-14)12-7-10(13(18)19)16-17(12)9-5-3-2-4-6-9/h2-6H,7H2,(H,18,19)/b12-11+. The highest BCUT2D eigenvalue weighted by atomic mass is 16.4. The Kier molecular flexibility index (Phi) is 3.26. The zero-order valence-corrected chi connectivity index (χ0v) is 9.74. The summed E-state index contributed by atoms with van der Waals surface area (Å²) < 4.78 is 0. The van der Waals surface area contributed by atoms with Gasteiger partial charge in [0.25, 0.3) is 5.70 Å². The van der Waals surface area contributed by atoms with Crippen molar-refractivity contribution in [1.29, 1.82) is 5.26 Å². The molecule has 0 radical (unpaired) electrons. The molecule has 0 saturated carbocycles. The van der Waals surface area contributed by atoms with Gasteiger partial charge in [0, 0.05) is 6.42 Å². The van der Waals surface area contributed by atoms with Crippen molar-refractivity contribution in [2.24, 2.45) is 5.10 Å². The van der Waals surface area contributed by atoms with Crippen molar-refractivity contribution < 1.29 is 9.90 Å². The molecule has 0 aliphatic carbocycles. The molecule has 1 aromatic carbocycles. The smallest absolute Gasteiger partial charge is 0.352 e. The van der Waals surface area contributed by atoms with Crippen LogP contribution in [0.3, 0.4) is 0 Å². The number of nitriles is 1. The lowest BCUT2D eigenvalue weighted by Crippen LogP contribution is -2.11. The Morgan fingerprint density at radius 2 is 2.16 bits per heavy atom. The third kappa shape index (κ3) is 2.28. The van der Waals surface area contributed by atoms with Gasteiger partial charge in [-0.15, -0.1) is 0 Å². The number of carboxylic acid groups (broad SMARTS) is 1. The molecule has 92 valence electrons. The summed E-state index contributed by atoms with van der Waals surface area (Å²) in [6, 6.07) is 10.6. The fourth-order valence-electron chi connectivity index (χ4n) is 1.69. The molecule has 1 aromatic rings. The summed E-state index contributed by atoms with van der Waals surface area (Å²) in [4.78, 5) is 14.1. The first-order valence-corrected chi connectivity index (χ1v) is 5.34. The number of rotatable bonds is 2. The van der Waals surface area contributed by atoms with Gasteiger partial charge in [0.1, 0.15) is 0 Å². The Morgan fingerprint density at radius 1 is 1.47 bits per heavy atom. The van der Waals surface area contributed by atoms with Crippen molar-refractivity contribution in [3.05, 3.63) is 53.1 Å². The number of hydrogen-bond donors (Lipinski definition) is 1. The van der Waals surface area contributed by atoms with E-state index in [1.54, 1.807) is 30.3 Å². The normalized spacial score (nSPS) is 16.3. The van der Waals surface area contributed by atoms with Crippen molar-refractivity contribution in [2.45, 2.75) is 6.42 Å². The van der Waals surface area contributed by atoms with E-state index < -0.39 is 5.97 Å². The molecule has 2 rings (SSSR count). The fraction of sp³-hybridized carbons (Fsp3) is 0.0769. The SMILES string of the molecule is [C-]#[N+]/C(C#N)=C1\CC(C(=O)O)=NN1c1ccccc1. The predicted molar refractivity (Wildman–Crippen MR) is 67.8 cm³/mol. The fourth-order valence-corrected chi connectivity index (χ4v) is 1.69. The first kappa shape index (κ1) is 12.3. The van der Waals surface area contributed by atoms with E-state index in [1.165, 1.54) is 5.01 Å². The largest absolute Gasteiger partial charge is 0.477 e. The molecule has 6 nitrogen and oxygen atoms in total. The van der Waals surface area contributed by atoms with Crippen molar-refractivity contribution in [2.75, 3.05) is 5.01 Å². The summed E-state index contributed by atoms with van der Waals surface area (Å²) in [5.74, 6) is -1.15. The minimum absolute atomic E-state index is 0.0322. The lowest BCUT2D eigenvalue weighted by atomic mass is 10.2. The van der Waals surface area contributed by atoms with E-state index >= 15 is 0 Å². The molecule has 0 saturated heterocycles. The number of anilines is 1. The zero-order valence-electron chi connectivity index (χ0n) is 9.74. The van der Waals surface area contributed by atoms with Gasteiger partial charge in [-0.3, -0.25) is 0 Å². The van der Waals surface area contributed by atoms with Crippen molar-refractivity contribution in [1.82, 2.24) is 0 Å². The molecule has 1 heterocycles. The highest BCUT2D eigenvalue weighted by molar-refractivity contribution is 6.37. The van der Waals surface area contributed by atoms with Gasteiger partial charge in [-0.2, -0.15) is 5.10 Å². The maximum atomic E-state index is 11.0. The molecule has 0 aromatic heterocycles. The predicted octanol–water partition coefficient (Wildman–Crippen LogP) is 1.99. The Hall–Kier alpha value is -3.12. The van der Waals surface area contributed by atoms with E-state index in [9.17, 15) is 4.79 Å². The highest BCUT2D eigenvalue weighted by Gasteiger charge is 2.28. The van der Waals surface area contributed by atoms with Gasteiger partial charge >= 0.3 is 5.97 Å². The first-order chi connectivity index (χ1) is 9.17. The van der Waals surface area contributed by atoms with Crippen LogP contribution in [0.1, 0.15) is 6.42 Å². The average molecular weight is 252 g/mol. The molecule has 0 fully saturated rings. The molecule has 0 spiro atoms. The summed E-state index contributed by atoms with van der Waals surface area (Å²) >= 11 is 0. The second-order valence-corrected chi connectivity index (χ2v) is 3.69. The van der Waals surface area contributed by atoms with E-state index in [4.69, 9.17) is 16.9 Å². The number of allylic oxidation sites excluding steroid dienone is 2. The third-order valence-electron chi connectivity index (χ3n) is 2.55. The summed E-state index contributed by atoms with van der Waals surface area (Å²) in [7, 11) is 0. The van der Waals surface area contributed by atoms with Crippen LogP contribution in [-0.4, -0.2) is 16.8 Å².